The number of guanidine groups is 1. The van der Waals surface area contributed by atoms with E-state index in [9.17, 15) is 9.59 Å². The van der Waals surface area contributed by atoms with Gasteiger partial charge in [-0.3, -0.25) is 19.5 Å². The van der Waals surface area contributed by atoms with E-state index in [4.69, 9.17) is 9.73 Å². The standard InChI is InChI=1S/C25H27N5O3/c1-4-33-15-14-28-23(31)21-22(27(3)25(28)32)26-24-29(21)16-20(18-8-6-5-7-9-18)30(24)19-12-10-17(2)11-13-19/h5-13,16,21-22H,4,14-15H2,1-3H3. The molecular formula is C25H27N5O3. The van der Waals surface area contributed by atoms with E-state index in [1.807, 2.05) is 67.4 Å². The van der Waals surface area contributed by atoms with Gasteiger partial charge in [-0.25, -0.2) is 9.79 Å². The summed E-state index contributed by atoms with van der Waals surface area (Å²) >= 11 is 0. The van der Waals surface area contributed by atoms with E-state index >= 15 is 0 Å². The van der Waals surface area contributed by atoms with Gasteiger partial charge in [-0.2, -0.15) is 0 Å². The molecule has 170 valence electrons. The maximum absolute atomic E-state index is 13.5. The second-order valence-corrected chi connectivity index (χ2v) is 8.33. The van der Waals surface area contributed by atoms with E-state index in [2.05, 4.69) is 17.0 Å². The Morgan fingerprint density at radius 3 is 2.45 bits per heavy atom. The summed E-state index contributed by atoms with van der Waals surface area (Å²) in [5.74, 6) is 0.392. The Bertz CT molecular complexity index is 1130. The Hall–Kier alpha value is -3.65. The van der Waals surface area contributed by atoms with Gasteiger partial charge in [-0.15, -0.1) is 0 Å². The number of rotatable bonds is 6. The summed E-state index contributed by atoms with van der Waals surface area (Å²) in [4.78, 5) is 38.1. The summed E-state index contributed by atoms with van der Waals surface area (Å²) in [7, 11) is 1.70. The number of aryl methyl sites for hydroxylation is 1. The van der Waals surface area contributed by atoms with Gasteiger partial charge in [0.15, 0.2) is 12.2 Å². The predicted molar refractivity (Wildman–Crippen MR) is 126 cm³/mol. The van der Waals surface area contributed by atoms with E-state index < -0.39 is 12.2 Å². The van der Waals surface area contributed by atoms with Crippen LogP contribution >= 0.6 is 0 Å². The van der Waals surface area contributed by atoms with Crippen molar-refractivity contribution in [2.45, 2.75) is 26.1 Å². The Labute approximate surface area is 193 Å². The van der Waals surface area contributed by atoms with Gasteiger partial charge in [0, 0.05) is 31.1 Å². The largest absolute Gasteiger partial charge is 0.380 e. The third kappa shape index (κ3) is 3.47. The molecule has 0 radical (unpaired) electrons. The number of fused-ring (bicyclic) bond motifs is 3. The van der Waals surface area contributed by atoms with Crippen molar-refractivity contribution in [3.8, 4) is 0 Å². The van der Waals surface area contributed by atoms with Crippen LogP contribution in [-0.2, 0) is 9.53 Å². The number of likely N-dealkylation sites (N-methyl/N-ethyl adjacent to an activating group) is 1. The Morgan fingerprint density at radius 1 is 1.03 bits per heavy atom. The number of hydrogen-bond donors (Lipinski definition) is 0. The minimum absolute atomic E-state index is 0.221. The van der Waals surface area contributed by atoms with Gasteiger partial charge < -0.3 is 9.64 Å². The van der Waals surface area contributed by atoms with Crippen LogP contribution in [0.3, 0.4) is 0 Å². The molecule has 0 spiro atoms. The average Bonchev–Trinajstić information content (AvgIpc) is 3.38. The van der Waals surface area contributed by atoms with Gasteiger partial charge in [0.25, 0.3) is 5.91 Å². The molecule has 2 aromatic carbocycles. The van der Waals surface area contributed by atoms with Gasteiger partial charge >= 0.3 is 6.03 Å². The number of nitrogens with zero attached hydrogens (tertiary/aromatic N) is 5. The van der Waals surface area contributed by atoms with Crippen LogP contribution in [0.4, 0.5) is 10.5 Å². The fourth-order valence-electron chi connectivity index (χ4n) is 4.50. The van der Waals surface area contributed by atoms with Gasteiger partial charge in [0.1, 0.15) is 0 Å². The summed E-state index contributed by atoms with van der Waals surface area (Å²) in [6, 6.07) is 17.3. The first-order valence-electron chi connectivity index (χ1n) is 11.2. The molecule has 2 atom stereocenters. The Kier molecular flexibility index (Phi) is 5.38. The molecule has 3 amide bonds. The maximum Gasteiger partial charge on any atom is 0.328 e. The molecule has 0 aromatic heterocycles. The number of aliphatic imine (C=N–C) groups is 1. The minimum atomic E-state index is -0.613. The fraction of sp³-hybridized carbons (Fsp3) is 0.320. The van der Waals surface area contributed by atoms with Gasteiger partial charge in [-0.05, 0) is 26.0 Å². The Morgan fingerprint density at radius 2 is 1.76 bits per heavy atom. The predicted octanol–water partition coefficient (Wildman–Crippen LogP) is 3.11. The average molecular weight is 446 g/mol. The van der Waals surface area contributed by atoms with Gasteiger partial charge in [-0.1, -0.05) is 48.0 Å². The summed E-state index contributed by atoms with van der Waals surface area (Å²) in [6.07, 6.45) is 1.39. The monoisotopic (exact) mass is 445 g/mol. The third-order valence-corrected chi connectivity index (χ3v) is 6.24. The number of carbonyl (C=O) groups is 2. The lowest BCUT2D eigenvalue weighted by Gasteiger charge is -2.40. The van der Waals surface area contributed by atoms with Crippen LogP contribution in [0.1, 0.15) is 18.1 Å². The molecule has 1 fully saturated rings. The number of benzene rings is 2. The van der Waals surface area contributed by atoms with Crippen molar-refractivity contribution >= 4 is 29.3 Å². The molecule has 33 heavy (non-hydrogen) atoms. The lowest BCUT2D eigenvalue weighted by Crippen LogP contribution is -2.64. The van der Waals surface area contributed by atoms with Crippen LogP contribution in [0, 0.1) is 6.92 Å². The van der Waals surface area contributed by atoms with Crippen molar-refractivity contribution in [3.63, 3.8) is 0 Å². The topological polar surface area (TPSA) is 68.7 Å². The quantitative estimate of drug-likeness (QED) is 0.639. The zero-order chi connectivity index (χ0) is 23.1. The number of hydrogen-bond acceptors (Lipinski definition) is 6. The molecule has 2 unspecified atom stereocenters. The summed E-state index contributed by atoms with van der Waals surface area (Å²) in [5, 5.41) is 0. The van der Waals surface area contributed by atoms with E-state index in [-0.39, 0.29) is 18.5 Å². The minimum Gasteiger partial charge on any atom is -0.380 e. The van der Waals surface area contributed by atoms with Crippen molar-refractivity contribution in [1.82, 2.24) is 14.7 Å². The van der Waals surface area contributed by atoms with E-state index in [0.29, 0.717) is 19.2 Å². The van der Waals surface area contributed by atoms with Crippen LogP contribution in [-0.4, -0.2) is 71.6 Å². The number of anilines is 1. The van der Waals surface area contributed by atoms with Crippen molar-refractivity contribution in [1.29, 1.82) is 0 Å². The van der Waals surface area contributed by atoms with Crippen LogP contribution in [0.2, 0.25) is 0 Å². The highest BCUT2D eigenvalue weighted by atomic mass is 16.5. The van der Waals surface area contributed by atoms with Crippen LogP contribution in [0.5, 0.6) is 0 Å². The number of amides is 3. The zero-order valence-electron chi connectivity index (χ0n) is 19.0. The van der Waals surface area contributed by atoms with E-state index in [1.54, 1.807) is 11.9 Å². The second kappa shape index (κ2) is 8.37. The van der Waals surface area contributed by atoms with Crippen molar-refractivity contribution in [2.75, 3.05) is 31.7 Å². The molecule has 3 aliphatic rings. The highest BCUT2D eigenvalue weighted by molar-refractivity contribution is 6.16. The first-order valence-corrected chi connectivity index (χ1v) is 11.2. The zero-order valence-corrected chi connectivity index (χ0v) is 19.0. The first-order chi connectivity index (χ1) is 16.0. The van der Waals surface area contributed by atoms with Gasteiger partial charge in [0.05, 0.1) is 18.8 Å². The molecule has 3 heterocycles. The van der Waals surface area contributed by atoms with Crippen molar-refractivity contribution in [2.24, 2.45) is 4.99 Å². The highest BCUT2D eigenvalue weighted by Crippen LogP contribution is 2.39. The second-order valence-electron chi connectivity index (χ2n) is 8.33. The number of carbonyl (C=O) groups excluding carboxylic acids is 2. The highest BCUT2D eigenvalue weighted by Gasteiger charge is 2.54. The fourth-order valence-corrected chi connectivity index (χ4v) is 4.50. The van der Waals surface area contributed by atoms with Crippen LogP contribution in [0.15, 0.2) is 65.8 Å². The van der Waals surface area contributed by atoms with Crippen LogP contribution in [0.25, 0.3) is 5.70 Å². The molecule has 0 N–H and O–H groups in total. The molecule has 0 aliphatic carbocycles. The van der Waals surface area contributed by atoms with Crippen LogP contribution < -0.4 is 4.90 Å². The SMILES string of the molecule is CCOCCN1C(=O)C2C(N=C3N(c4ccc(C)cc4)C(c4ccccc4)=CN32)N(C)C1=O. The normalized spacial score (nSPS) is 21.9. The summed E-state index contributed by atoms with van der Waals surface area (Å²) in [6.45, 7) is 5.00. The summed E-state index contributed by atoms with van der Waals surface area (Å²) < 4.78 is 5.40. The molecule has 0 bridgehead atoms. The molecule has 5 rings (SSSR count). The van der Waals surface area contributed by atoms with Gasteiger partial charge in [0.2, 0.25) is 5.96 Å². The first kappa shape index (κ1) is 21.2. The molecule has 8 nitrogen and oxygen atoms in total. The lowest BCUT2D eigenvalue weighted by molar-refractivity contribution is -0.137. The molecule has 0 saturated carbocycles. The van der Waals surface area contributed by atoms with E-state index in [0.717, 1.165) is 22.5 Å². The lowest BCUT2D eigenvalue weighted by atomic mass is 10.1. The number of ether oxygens (including phenoxy) is 1. The maximum atomic E-state index is 13.5. The third-order valence-electron chi connectivity index (χ3n) is 6.24. The summed E-state index contributed by atoms with van der Waals surface area (Å²) in [5.41, 5.74) is 4.07. The molecule has 2 aromatic rings. The molecule has 1 saturated heterocycles. The number of urea groups is 1. The smallest absolute Gasteiger partial charge is 0.328 e. The molecular weight excluding hydrogens is 418 g/mol. The van der Waals surface area contributed by atoms with Crippen molar-refractivity contribution < 1.29 is 14.3 Å². The Balaban J connectivity index is 1.55. The van der Waals surface area contributed by atoms with E-state index in [1.165, 1.54) is 4.90 Å². The number of imide groups is 1. The molecule has 3 aliphatic heterocycles. The molecule has 8 heteroatoms. The van der Waals surface area contributed by atoms with Crippen molar-refractivity contribution in [3.05, 3.63) is 71.9 Å².